The lowest BCUT2D eigenvalue weighted by atomic mass is 10.1. The van der Waals surface area contributed by atoms with E-state index in [9.17, 15) is 26.4 Å². The summed E-state index contributed by atoms with van der Waals surface area (Å²) in [6.45, 7) is 1.82. The van der Waals surface area contributed by atoms with Gasteiger partial charge in [-0.15, -0.1) is 0 Å². The van der Waals surface area contributed by atoms with E-state index < -0.39 is 27.3 Å². The van der Waals surface area contributed by atoms with Crippen molar-refractivity contribution in [1.82, 2.24) is 4.98 Å². The number of esters is 1. The van der Waals surface area contributed by atoms with Crippen LogP contribution in [0.5, 0.6) is 5.75 Å². The second-order valence-electron chi connectivity index (χ2n) is 6.21. The normalized spacial score (nSPS) is 12.0. The molecule has 0 aliphatic rings. The van der Waals surface area contributed by atoms with Gasteiger partial charge in [0.1, 0.15) is 0 Å². The third kappa shape index (κ3) is 4.70. The van der Waals surface area contributed by atoms with Crippen LogP contribution in [0.1, 0.15) is 28.5 Å². The van der Waals surface area contributed by atoms with Crippen molar-refractivity contribution < 1.29 is 35.3 Å². The van der Waals surface area contributed by atoms with Gasteiger partial charge in [0.25, 0.3) is 0 Å². The summed E-state index contributed by atoms with van der Waals surface area (Å²) in [7, 11) is -5.88. The largest absolute Gasteiger partial charge is 0.534 e. The molecule has 0 radical (unpaired) electrons. The molecule has 1 heterocycles. The van der Waals surface area contributed by atoms with Crippen LogP contribution in [0.25, 0.3) is 10.9 Å². The number of hydrogen-bond donors (Lipinski definition) is 0. The number of fused-ring (bicyclic) bond motifs is 1. The highest BCUT2D eigenvalue weighted by molar-refractivity contribution is 7.88. The first-order valence-corrected chi connectivity index (χ1v) is 10.2. The van der Waals surface area contributed by atoms with Crippen LogP contribution in [0.15, 0.2) is 54.6 Å². The van der Waals surface area contributed by atoms with Crippen molar-refractivity contribution in [3.63, 3.8) is 0 Å². The average Bonchev–Trinajstić information content (AvgIpc) is 2.68. The Hall–Kier alpha value is -3.14. The van der Waals surface area contributed by atoms with Gasteiger partial charge in [-0.05, 0) is 30.7 Å². The van der Waals surface area contributed by atoms with Crippen molar-refractivity contribution in [2.45, 2.75) is 18.9 Å². The molecule has 0 fully saturated rings. The fourth-order valence-corrected chi connectivity index (χ4v) is 3.16. The molecule has 3 rings (SSSR count). The summed E-state index contributed by atoms with van der Waals surface area (Å²) in [5, 5.41) is 0.298. The van der Waals surface area contributed by atoms with Gasteiger partial charge in [-0.3, -0.25) is 0 Å². The third-order valence-electron chi connectivity index (χ3n) is 4.07. The maximum absolute atomic E-state index is 12.8. The van der Waals surface area contributed by atoms with Crippen LogP contribution in [0.2, 0.25) is 0 Å². The highest BCUT2D eigenvalue weighted by atomic mass is 32.2. The lowest BCUT2D eigenvalue weighted by molar-refractivity contribution is -0.0500. The topological polar surface area (TPSA) is 82.6 Å². The summed E-state index contributed by atoms with van der Waals surface area (Å²) in [6.07, 6.45) is 0.0170. The zero-order chi connectivity index (χ0) is 21.9. The molecule has 0 N–H and O–H groups in total. The number of rotatable bonds is 6. The monoisotopic (exact) mass is 439 g/mol. The predicted molar refractivity (Wildman–Crippen MR) is 103 cm³/mol. The second kappa shape index (κ2) is 8.31. The van der Waals surface area contributed by atoms with Crippen molar-refractivity contribution in [1.29, 1.82) is 0 Å². The summed E-state index contributed by atoms with van der Waals surface area (Å²) in [5.41, 5.74) is -4.44. The van der Waals surface area contributed by atoms with Crippen LogP contribution in [0.4, 0.5) is 13.2 Å². The highest BCUT2D eigenvalue weighted by Crippen LogP contribution is 2.32. The summed E-state index contributed by atoms with van der Waals surface area (Å²) in [5.74, 6) is -1.11. The summed E-state index contributed by atoms with van der Waals surface area (Å²) in [6, 6.07) is 14.0. The Morgan fingerprint density at radius 2 is 1.77 bits per heavy atom. The van der Waals surface area contributed by atoms with Crippen LogP contribution < -0.4 is 4.18 Å². The molecule has 0 aliphatic heterocycles. The quantitative estimate of drug-likeness (QED) is 0.325. The van der Waals surface area contributed by atoms with Crippen molar-refractivity contribution in [2.24, 2.45) is 0 Å². The minimum atomic E-state index is -5.88. The molecule has 1 aromatic heterocycles. The number of carbonyl (C=O) groups is 1. The van der Waals surface area contributed by atoms with Gasteiger partial charge in [0.2, 0.25) is 0 Å². The molecule has 158 valence electrons. The molecule has 0 saturated heterocycles. The van der Waals surface area contributed by atoms with Crippen LogP contribution in [0, 0.1) is 0 Å². The van der Waals surface area contributed by atoms with Gasteiger partial charge >= 0.3 is 21.6 Å². The zero-order valence-corrected chi connectivity index (χ0v) is 16.5. The molecule has 0 atom stereocenters. The van der Waals surface area contributed by atoms with E-state index in [0.717, 1.165) is 6.07 Å². The van der Waals surface area contributed by atoms with E-state index in [4.69, 9.17) is 4.74 Å². The van der Waals surface area contributed by atoms with E-state index in [2.05, 4.69) is 9.17 Å². The van der Waals surface area contributed by atoms with Crippen molar-refractivity contribution in [3.8, 4) is 5.75 Å². The molecule has 0 unspecified atom stereocenters. The first-order chi connectivity index (χ1) is 14.1. The van der Waals surface area contributed by atoms with Gasteiger partial charge in [-0.1, -0.05) is 36.4 Å². The number of pyridine rings is 1. The van der Waals surface area contributed by atoms with Crippen LogP contribution in [-0.4, -0.2) is 31.5 Å². The minimum Gasteiger partial charge on any atom is -0.462 e. The Kier molecular flexibility index (Phi) is 5.97. The Balaban J connectivity index is 2.11. The Morgan fingerprint density at radius 3 is 2.40 bits per heavy atom. The maximum Gasteiger partial charge on any atom is 0.534 e. The Morgan fingerprint density at radius 1 is 1.07 bits per heavy atom. The molecule has 30 heavy (non-hydrogen) atoms. The lowest BCUT2D eigenvalue weighted by Gasteiger charge is -2.14. The number of alkyl halides is 3. The fourth-order valence-electron chi connectivity index (χ4n) is 2.68. The van der Waals surface area contributed by atoms with E-state index in [-0.39, 0.29) is 29.8 Å². The molecule has 0 aliphatic carbocycles. The highest BCUT2D eigenvalue weighted by Gasteiger charge is 2.49. The second-order valence-corrected chi connectivity index (χ2v) is 7.74. The van der Waals surface area contributed by atoms with Crippen molar-refractivity contribution in [3.05, 3.63) is 71.4 Å². The van der Waals surface area contributed by atoms with Gasteiger partial charge in [0.05, 0.1) is 23.4 Å². The smallest absolute Gasteiger partial charge is 0.462 e. The molecule has 0 bridgehead atoms. The van der Waals surface area contributed by atoms with E-state index in [1.54, 1.807) is 37.3 Å². The summed E-state index contributed by atoms with van der Waals surface area (Å²) in [4.78, 5) is 16.2. The first kappa shape index (κ1) is 21.6. The van der Waals surface area contributed by atoms with Crippen molar-refractivity contribution >= 4 is 27.0 Å². The molecular weight excluding hydrogens is 423 g/mol. The summed E-state index contributed by atoms with van der Waals surface area (Å²) >= 11 is 0. The average molecular weight is 439 g/mol. The molecule has 10 heteroatoms. The minimum absolute atomic E-state index is 0.0170. The van der Waals surface area contributed by atoms with Crippen LogP contribution in [0.3, 0.4) is 0 Å². The zero-order valence-electron chi connectivity index (χ0n) is 15.6. The van der Waals surface area contributed by atoms with Crippen LogP contribution >= 0.6 is 0 Å². The Labute approximate surface area is 170 Å². The number of benzene rings is 2. The predicted octanol–water partition coefficient (Wildman–Crippen LogP) is 4.23. The fraction of sp³-hybridized carbons (Fsp3) is 0.200. The van der Waals surface area contributed by atoms with Crippen molar-refractivity contribution in [2.75, 3.05) is 6.61 Å². The van der Waals surface area contributed by atoms with E-state index in [0.29, 0.717) is 10.9 Å². The maximum atomic E-state index is 12.8. The van der Waals surface area contributed by atoms with Gasteiger partial charge in [-0.25, -0.2) is 9.78 Å². The number of halogens is 3. The number of aromatic nitrogens is 1. The molecule has 0 spiro atoms. The van der Waals surface area contributed by atoms with Gasteiger partial charge in [0.15, 0.2) is 5.75 Å². The molecule has 2 aromatic carbocycles. The molecule has 0 amide bonds. The summed E-state index contributed by atoms with van der Waals surface area (Å²) < 4.78 is 70.9. The van der Waals surface area contributed by atoms with E-state index in [1.807, 2.05) is 0 Å². The van der Waals surface area contributed by atoms with E-state index >= 15 is 0 Å². The molecule has 6 nitrogen and oxygen atoms in total. The SMILES string of the molecule is CCOC(=O)c1ccc2cc(OS(=O)(=O)C(F)(F)F)c(Cc3ccccc3)nc2c1. The third-order valence-corrected chi connectivity index (χ3v) is 5.03. The first-order valence-electron chi connectivity index (χ1n) is 8.76. The number of carbonyl (C=O) groups excluding carboxylic acids is 1. The van der Waals surface area contributed by atoms with Gasteiger partial charge in [-0.2, -0.15) is 21.6 Å². The molecular formula is C20H16F3NO5S. The standard InChI is InChI=1S/C20H16F3NO5S/c1-2-28-19(25)15-9-8-14-12-18(29-30(26,27)20(21,22)23)17(24-16(14)11-15)10-13-6-4-3-5-7-13/h3-9,11-12H,2,10H2,1H3. The molecule has 3 aromatic rings. The lowest BCUT2D eigenvalue weighted by Crippen LogP contribution is -2.28. The van der Waals surface area contributed by atoms with Gasteiger partial charge < -0.3 is 8.92 Å². The van der Waals surface area contributed by atoms with E-state index in [1.165, 1.54) is 18.2 Å². The Bertz CT molecular complexity index is 1180. The van der Waals surface area contributed by atoms with Gasteiger partial charge in [0, 0.05) is 11.8 Å². The molecule has 0 saturated carbocycles. The number of nitrogens with zero attached hydrogens (tertiary/aromatic N) is 1. The number of hydrogen-bond acceptors (Lipinski definition) is 6. The number of ether oxygens (including phenoxy) is 1. The van der Waals surface area contributed by atoms with Crippen LogP contribution in [-0.2, 0) is 21.3 Å².